The van der Waals surface area contributed by atoms with Crippen molar-refractivity contribution in [1.82, 2.24) is 9.88 Å². The highest BCUT2D eigenvalue weighted by Gasteiger charge is 2.60. The SMILES string of the molecule is O=C(c1ccccn1)N1CC2CC3CC2C1C3O. The van der Waals surface area contributed by atoms with Crippen molar-refractivity contribution in [2.75, 3.05) is 6.54 Å². The Balaban J connectivity index is 1.65. The Morgan fingerprint density at radius 3 is 2.94 bits per heavy atom. The lowest BCUT2D eigenvalue weighted by Crippen LogP contribution is -2.44. The van der Waals surface area contributed by atoms with Gasteiger partial charge in [-0.15, -0.1) is 0 Å². The van der Waals surface area contributed by atoms with E-state index in [2.05, 4.69) is 4.98 Å². The van der Waals surface area contributed by atoms with E-state index < -0.39 is 0 Å². The van der Waals surface area contributed by atoms with Crippen molar-refractivity contribution in [3.8, 4) is 0 Å². The van der Waals surface area contributed by atoms with Crippen LogP contribution in [-0.2, 0) is 0 Å². The van der Waals surface area contributed by atoms with Gasteiger partial charge in [0.05, 0.1) is 12.1 Å². The molecule has 4 nitrogen and oxygen atoms in total. The van der Waals surface area contributed by atoms with Crippen LogP contribution in [0.5, 0.6) is 0 Å². The van der Waals surface area contributed by atoms with Crippen molar-refractivity contribution in [1.29, 1.82) is 0 Å². The topological polar surface area (TPSA) is 53.4 Å². The maximum atomic E-state index is 12.5. The third-order valence-electron chi connectivity index (χ3n) is 4.99. The summed E-state index contributed by atoms with van der Waals surface area (Å²) < 4.78 is 0. The summed E-state index contributed by atoms with van der Waals surface area (Å²) in [6.07, 6.45) is 3.52. The minimum atomic E-state index is -0.318. The molecule has 1 amide bonds. The molecule has 1 aromatic heterocycles. The number of aromatic nitrogens is 1. The van der Waals surface area contributed by atoms with E-state index in [0.717, 1.165) is 19.4 Å². The highest BCUT2D eigenvalue weighted by molar-refractivity contribution is 5.92. The molecule has 3 fully saturated rings. The van der Waals surface area contributed by atoms with Crippen LogP contribution in [0.1, 0.15) is 23.3 Å². The predicted molar refractivity (Wildman–Crippen MR) is 64.8 cm³/mol. The fourth-order valence-corrected chi connectivity index (χ4v) is 4.29. The van der Waals surface area contributed by atoms with E-state index in [0.29, 0.717) is 23.4 Å². The number of carbonyl (C=O) groups excluding carboxylic acids is 1. The molecule has 4 heteroatoms. The number of fused-ring (bicyclic) bond motifs is 1. The van der Waals surface area contributed by atoms with Gasteiger partial charge in [-0.2, -0.15) is 0 Å². The summed E-state index contributed by atoms with van der Waals surface area (Å²) in [4.78, 5) is 18.5. The van der Waals surface area contributed by atoms with Crippen LogP contribution in [0.25, 0.3) is 0 Å². The van der Waals surface area contributed by atoms with Gasteiger partial charge in [0.15, 0.2) is 0 Å². The predicted octanol–water partition coefficient (Wildman–Crippen LogP) is 0.923. The first-order valence-corrected chi connectivity index (χ1v) is 6.66. The van der Waals surface area contributed by atoms with E-state index in [9.17, 15) is 9.90 Å². The van der Waals surface area contributed by atoms with Crippen molar-refractivity contribution in [3.05, 3.63) is 30.1 Å². The van der Waals surface area contributed by atoms with Crippen LogP contribution < -0.4 is 0 Å². The fraction of sp³-hybridized carbons (Fsp3) is 0.571. The van der Waals surface area contributed by atoms with Crippen molar-refractivity contribution in [3.63, 3.8) is 0 Å². The van der Waals surface area contributed by atoms with Gasteiger partial charge in [0.25, 0.3) is 5.91 Å². The largest absolute Gasteiger partial charge is 0.391 e. The molecule has 5 unspecified atom stereocenters. The molecule has 1 aromatic rings. The van der Waals surface area contributed by atoms with Crippen LogP contribution in [0.15, 0.2) is 24.4 Å². The molecule has 0 spiro atoms. The molecule has 1 saturated heterocycles. The summed E-state index contributed by atoms with van der Waals surface area (Å²) in [5.74, 6) is 1.54. The Morgan fingerprint density at radius 1 is 1.33 bits per heavy atom. The zero-order valence-corrected chi connectivity index (χ0v) is 10.1. The highest BCUT2D eigenvalue weighted by atomic mass is 16.3. The number of amides is 1. The average Bonchev–Trinajstić information content (AvgIpc) is 3.00. The molecule has 5 atom stereocenters. The number of nitrogens with zero attached hydrogens (tertiary/aromatic N) is 2. The summed E-state index contributed by atoms with van der Waals surface area (Å²) in [5.41, 5.74) is 0.495. The van der Waals surface area contributed by atoms with Gasteiger partial charge in [0.2, 0.25) is 0 Å². The first-order valence-electron chi connectivity index (χ1n) is 6.66. The van der Waals surface area contributed by atoms with Crippen LogP contribution in [0.3, 0.4) is 0 Å². The minimum Gasteiger partial charge on any atom is -0.391 e. The van der Waals surface area contributed by atoms with Crippen LogP contribution in [0.4, 0.5) is 0 Å². The summed E-state index contributed by atoms with van der Waals surface area (Å²) >= 11 is 0. The number of pyridine rings is 1. The van der Waals surface area contributed by atoms with Gasteiger partial charge in [0.1, 0.15) is 5.69 Å². The van der Waals surface area contributed by atoms with Crippen molar-refractivity contribution in [2.45, 2.75) is 25.0 Å². The van der Waals surface area contributed by atoms with Gasteiger partial charge in [-0.1, -0.05) is 6.07 Å². The van der Waals surface area contributed by atoms with E-state index in [1.54, 1.807) is 12.3 Å². The third-order valence-corrected chi connectivity index (χ3v) is 4.99. The molecule has 1 N–H and O–H groups in total. The van der Waals surface area contributed by atoms with E-state index in [1.165, 1.54) is 0 Å². The van der Waals surface area contributed by atoms with Gasteiger partial charge in [0, 0.05) is 12.7 Å². The molecular formula is C14H16N2O2. The van der Waals surface area contributed by atoms with Gasteiger partial charge < -0.3 is 10.0 Å². The molecule has 0 aromatic carbocycles. The lowest BCUT2D eigenvalue weighted by molar-refractivity contribution is 0.0398. The second-order valence-electron chi connectivity index (χ2n) is 5.81. The lowest BCUT2D eigenvalue weighted by atomic mass is 9.88. The highest BCUT2D eigenvalue weighted by Crippen LogP contribution is 2.55. The molecule has 0 radical (unpaired) electrons. The summed E-state index contributed by atoms with van der Waals surface area (Å²) in [6, 6.07) is 5.44. The molecule has 94 valence electrons. The van der Waals surface area contributed by atoms with E-state index in [1.807, 2.05) is 17.0 Å². The molecule has 1 aliphatic heterocycles. The number of aliphatic hydroxyl groups is 1. The maximum absolute atomic E-state index is 12.5. The van der Waals surface area contributed by atoms with Gasteiger partial charge in [-0.05, 0) is 42.7 Å². The molecular weight excluding hydrogens is 228 g/mol. The zero-order valence-electron chi connectivity index (χ0n) is 10.1. The van der Waals surface area contributed by atoms with Gasteiger partial charge in [-0.3, -0.25) is 9.78 Å². The molecule has 18 heavy (non-hydrogen) atoms. The minimum absolute atomic E-state index is 0.0188. The van der Waals surface area contributed by atoms with Gasteiger partial charge in [-0.25, -0.2) is 0 Å². The summed E-state index contributed by atoms with van der Waals surface area (Å²) in [5, 5.41) is 10.3. The monoisotopic (exact) mass is 244 g/mol. The standard InChI is InChI=1S/C14H16N2O2/c17-13-8-5-9-7-16(12(13)10(9)6-8)14(18)11-3-1-2-4-15-11/h1-4,8-10,12-13,17H,5-7H2. The molecule has 4 rings (SSSR count). The Labute approximate surface area is 106 Å². The first kappa shape index (κ1) is 10.5. The molecule has 2 saturated carbocycles. The van der Waals surface area contributed by atoms with Crippen molar-refractivity contribution >= 4 is 5.91 Å². The number of likely N-dealkylation sites (tertiary alicyclic amines) is 1. The van der Waals surface area contributed by atoms with E-state index in [4.69, 9.17) is 0 Å². The fourth-order valence-electron chi connectivity index (χ4n) is 4.29. The summed E-state index contributed by atoms with van der Waals surface area (Å²) in [7, 11) is 0. The van der Waals surface area contributed by atoms with Crippen molar-refractivity contribution in [2.24, 2.45) is 17.8 Å². The Kier molecular flexibility index (Phi) is 2.07. The molecule has 2 heterocycles. The Bertz CT molecular complexity index is 488. The van der Waals surface area contributed by atoms with Crippen LogP contribution in [-0.4, -0.2) is 39.6 Å². The number of hydrogen-bond donors (Lipinski definition) is 1. The maximum Gasteiger partial charge on any atom is 0.272 e. The molecule has 3 aliphatic rings. The number of aliphatic hydroxyl groups excluding tert-OH is 1. The lowest BCUT2D eigenvalue weighted by Gasteiger charge is -2.28. The van der Waals surface area contributed by atoms with E-state index >= 15 is 0 Å². The average molecular weight is 244 g/mol. The third kappa shape index (κ3) is 1.24. The normalized spacial score (nSPS) is 40.5. The Hall–Kier alpha value is -1.42. The van der Waals surface area contributed by atoms with Crippen LogP contribution >= 0.6 is 0 Å². The number of hydrogen-bond acceptors (Lipinski definition) is 3. The summed E-state index contributed by atoms with van der Waals surface area (Å²) in [6.45, 7) is 0.804. The number of carbonyl (C=O) groups is 1. The zero-order chi connectivity index (χ0) is 12.3. The van der Waals surface area contributed by atoms with Gasteiger partial charge >= 0.3 is 0 Å². The molecule has 2 bridgehead atoms. The second kappa shape index (κ2) is 3.54. The molecule has 2 aliphatic carbocycles. The first-order chi connectivity index (χ1) is 8.75. The van der Waals surface area contributed by atoms with Crippen LogP contribution in [0.2, 0.25) is 0 Å². The second-order valence-corrected chi connectivity index (χ2v) is 5.81. The van der Waals surface area contributed by atoms with E-state index in [-0.39, 0.29) is 18.1 Å². The van der Waals surface area contributed by atoms with Crippen LogP contribution in [0, 0.1) is 17.8 Å². The smallest absolute Gasteiger partial charge is 0.272 e. The Morgan fingerprint density at radius 2 is 2.22 bits per heavy atom. The van der Waals surface area contributed by atoms with Crippen molar-refractivity contribution < 1.29 is 9.90 Å². The number of rotatable bonds is 1. The quantitative estimate of drug-likeness (QED) is 0.799.